The number of anilines is 2. The van der Waals surface area contributed by atoms with E-state index in [1.54, 1.807) is 24.4 Å². The average Bonchev–Trinajstić information content (AvgIpc) is 2.65. The number of halogens is 1. The lowest BCUT2D eigenvalue weighted by Crippen LogP contribution is -2.26. The van der Waals surface area contributed by atoms with Crippen molar-refractivity contribution in [1.29, 1.82) is 0 Å². The van der Waals surface area contributed by atoms with Crippen molar-refractivity contribution in [2.24, 2.45) is 0 Å². The van der Waals surface area contributed by atoms with E-state index in [-0.39, 0.29) is 17.4 Å². The van der Waals surface area contributed by atoms with Crippen LogP contribution in [-0.4, -0.2) is 22.4 Å². The molecule has 0 atom stereocenters. The summed E-state index contributed by atoms with van der Waals surface area (Å²) in [6.45, 7) is 2.42. The van der Waals surface area contributed by atoms with Crippen LogP contribution in [0.1, 0.15) is 21.6 Å². The van der Waals surface area contributed by atoms with E-state index in [4.69, 9.17) is 0 Å². The topological polar surface area (TPSA) is 66.9 Å². The van der Waals surface area contributed by atoms with E-state index in [9.17, 15) is 9.18 Å². The number of aromatic nitrogens is 2. The molecule has 132 valence electrons. The molecule has 0 unspecified atom stereocenters. The summed E-state index contributed by atoms with van der Waals surface area (Å²) in [6, 6.07) is 15.6. The molecule has 0 fully saturated rings. The van der Waals surface area contributed by atoms with Crippen LogP contribution in [0.15, 0.2) is 60.8 Å². The molecule has 2 aromatic carbocycles. The number of nitrogens with zero attached hydrogens (tertiary/aromatic N) is 2. The Bertz CT molecular complexity index is 896. The maximum Gasteiger partial charge on any atom is 0.270 e. The molecule has 1 heterocycles. The van der Waals surface area contributed by atoms with Crippen molar-refractivity contribution in [2.45, 2.75) is 13.3 Å². The molecule has 3 aromatic rings. The first-order chi connectivity index (χ1) is 12.6. The molecule has 0 bridgehead atoms. The second-order valence-electron chi connectivity index (χ2n) is 5.84. The van der Waals surface area contributed by atoms with Crippen LogP contribution in [0.5, 0.6) is 0 Å². The molecule has 5 nitrogen and oxygen atoms in total. The van der Waals surface area contributed by atoms with Crippen LogP contribution in [0.25, 0.3) is 0 Å². The van der Waals surface area contributed by atoms with E-state index in [1.807, 2.05) is 31.2 Å². The third kappa shape index (κ3) is 4.63. The minimum atomic E-state index is -0.276. The Labute approximate surface area is 151 Å². The first kappa shape index (κ1) is 17.5. The van der Waals surface area contributed by atoms with Gasteiger partial charge in [-0.2, -0.15) is 0 Å². The zero-order valence-corrected chi connectivity index (χ0v) is 14.4. The first-order valence-electron chi connectivity index (χ1n) is 8.30. The van der Waals surface area contributed by atoms with Crippen molar-refractivity contribution in [2.75, 3.05) is 11.9 Å². The van der Waals surface area contributed by atoms with Crippen molar-refractivity contribution in [3.05, 3.63) is 83.4 Å². The number of aryl methyl sites for hydroxylation is 1. The monoisotopic (exact) mass is 350 g/mol. The third-order valence-corrected chi connectivity index (χ3v) is 3.89. The summed E-state index contributed by atoms with van der Waals surface area (Å²) in [4.78, 5) is 20.7. The Morgan fingerprint density at radius 2 is 1.85 bits per heavy atom. The summed E-state index contributed by atoms with van der Waals surface area (Å²) in [5.41, 5.74) is 3.19. The summed E-state index contributed by atoms with van der Waals surface area (Å²) >= 11 is 0. The van der Waals surface area contributed by atoms with Crippen molar-refractivity contribution in [1.82, 2.24) is 15.3 Å². The van der Waals surface area contributed by atoms with Gasteiger partial charge in [0.15, 0.2) is 0 Å². The highest BCUT2D eigenvalue weighted by atomic mass is 19.1. The molecule has 6 heteroatoms. The Morgan fingerprint density at radius 3 is 2.62 bits per heavy atom. The molecule has 0 aliphatic heterocycles. The number of hydrogen-bond donors (Lipinski definition) is 2. The molecule has 1 aromatic heterocycles. The van der Waals surface area contributed by atoms with Gasteiger partial charge >= 0.3 is 0 Å². The van der Waals surface area contributed by atoms with Crippen LogP contribution in [-0.2, 0) is 6.42 Å². The normalized spacial score (nSPS) is 10.4. The molecular weight excluding hydrogens is 331 g/mol. The number of nitrogens with one attached hydrogen (secondary N) is 2. The van der Waals surface area contributed by atoms with Gasteiger partial charge in [-0.3, -0.25) is 4.79 Å². The summed E-state index contributed by atoms with van der Waals surface area (Å²) in [7, 11) is 0. The number of benzene rings is 2. The van der Waals surface area contributed by atoms with Crippen LogP contribution in [0.3, 0.4) is 0 Å². The molecule has 0 aliphatic rings. The number of rotatable bonds is 6. The second-order valence-corrected chi connectivity index (χ2v) is 5.84. The largest absolute Gasteiger partial charge is 0.350 e. The van der Waals surface area contributed by atoms with Gasteiger partial charge in [-0.15, -0.1) is 0 Å². The summed E-state index contributed by atoms with van der Waals surface area (Å²) < 4.78 is 12.9. The molecule has 0 radical (unpaired) electrons. The number of carbonyl (C=O) groups excluding carboxylic acids is 1. The quantitative estimate of drug-likeness (QED) is 0.712. The van der Waals surface area contributed by atoms with E-state index in [0.29, 0.717) is 18.9 Å². The van der Waals surface area contributed by atoms with Gasteiger partial charge < -0.3 is 10.6 Å². The Balaban J connectivity index is 1.59. The van der Waals surface area contributed by atoms with E-state index < -0.39 is 0 Å². The van der Waals surface area contributed by atoms with Gasteiger partial charge in [-0.1, -0.05) is 30.3 Å². The van der Waals surface area contributed by atoms with E-state index >= 15 is 0 Å². The van der Waals surface area contributed by atoms with Crippen molar-refractivity contribution < 1.29 is 9.18 Å². The van der Waals surface area contributed by atoms with Gasteiger partial charge in [-0.05, 0) is 48.7 Å². The number of hydrogen-bond acceptors (Lipinski definition) is 4. The minimum Gasteiger partial charge on any atom is -0.350 e. The number of carbonyl (C=O) groups is 1. The van der Waals surface area contributed by atoms with Crippen LogP contribution in [0.4, 0.5) is 16.0 Å². The molecule has 0 spiro atoms. The van der Waals surface area contributed by atoms with E-state index in [2.05, 4.69) is 20.6 Å². The lowest BCUT2D eigenvalue weighted by Gasteiger charge is -2.09. The van der Waals surface area contributed by atoms with E-state index in [0.717, 1.165) is 16.8 Å². The number of amides is 1. The van der Waals surface area contributed by atoms with Crippen molar-refractivity contribution in [3.63, 3.8) is 0 Å². The Kier molecular flexibility index (Phi) is 5.53. The van der Waals surface area contributed by atoms with Crippen molar-refractivity contribution in [3.8, 4) is 0 Å². The molecular formula is C20H19FN4O. The smallest absolute Gasteiger partial charge is 0.270 e. The van der Waals surface area contributed by atoms with Crippen molar-refractivity contribution >= 4 is 17.5 Å². The third-order valence-electron chi connectivity index (χ3n) is 3.89. The Morgan fingerprint density at radius 1 is 1.08 bits per heavy atom. The zero-order chi connectivity index (χ0) is 18.4. The predicted molar refractivity (Wildman–Crippen MR) is 98.9 cm³/mol. The highest BCUT2D eigenvalue weighted by Gasteiger charge is 2.09. The fourth-order valence-electron chi connectivity index (χ4n) is 2.44. The second kappa shape index (κ2) is 8.20. The zero-order valence-electron chi connectivity index (χ0n) is 14.4. The lowest BCUT2D eigenvalue weighted by atomic mass is 10.1. The highest BCUT2D eigenvalue weighted by Crippen LogP contribution is 2.17. The molecule has 0 saturated heterocycles. The fourth-order valence-corrected chi connectivity index (χ4v) is 2.44. The van der Waals surface area contributed by atoms with Crippen LogP contribution >= 0.6 is 0 Å². The minimum absolute atomic E-state index is 0.271. The fraction of sp³-hybridized carbons (Fsp3) is 0.150. The van der Waals surface area contributed by atoms with Crippen LogP contribution < -0.4 is 10.6 Å². The molecule has 3 rings (SSSR count). The van der Waals surface area contributed by atoms with Gasteiger partial charge in [0.1, 0.15) is 11.5 Å². The van der Waals surface area contributed by atoms with Gasteiger partial charge in [0.05, 0.1) is 0 Å². The first-order valence-corrected chi connectivity index (χ1v) is 8.30. The maximum absolute atomic E-state index is 12.9. The Hall–Kier alpha value is -3.28. The van der Waals surface area contributed by atoms with Gasteiger partial charge in [0.2, 0.25) is 5.95 Å². The summed E-state index contributed by atoms with van der Waals surface area (Å²) in [5.74, 6) is -0.180. The molecule has 1 amide bonds. The standard InChI is InChI=1S/C20H19FN4O/c1-14-4-2-3-5-17(14)24-20-23-13-11-18(25-20)19(26)22-12-10-15-6-8-16(21)9-7-15/h2-9,11,13H,10,12H2,1H3,(H,22,26)(H,23,24,25). The molecule has 2 N–H and O–H groups in total. The van der Waals surface area contributed by atoms with E-state index in [1.165, 1.54) is 12.1 Å². The average molecular weight is 350 g/mol. The predicted octanol–water partition coefficient (Wildman–Crippen LogP) is 3.64. The van der Waals surface area contributed by atoms with Crippen LogP contribution in [0.2, 0.25) is 0 Å². The van der Waals surface area contributed by atoms with Gasteiger partial charge in [0.25, 0.3) is 5.91 Å². The SMILES string of the molecule is Cc1ccccc1Nc1nccc(C(=O)NCCc2ccc(F)cc2)n1. The lowest BCUT2D eigenvalue weighted by molar-refractivity contribution is 0.0949. The van der Waals surface area contributed by atoms with Gasteiger partial charge in [0, 0.05) is 18.4 Å². The molecule has 0 saturated carbocycles. The number of para-hydroxylation sites is 1. The summed E-state index contributed by atoms with van der Waals surface area (Å²) in [5, 5.41) is 5.93. The maximum atomic E-state index is 12.9. The van der Waals surface area contributed by atoms with Gasteiger partial charge in [-0.25, -0.2) is 14.4 Å². The molecule has 26 heavy (non-hydrogen) atoms. The molecule has 0 aliphatic carbocycles. The van der Waals surface area contributed by atoms with Crippen LogP contribution in [0, 0.1) is 12.7 Å². The highest BCUT2D eigenvalue weighted by molar-refractivity contribution is 5.92. The summed E-state index contributed by atoms with van der Waals surface area (Å²) in [6.07, 6.45) is 2.16.